The number of morpholine rings is 1. The van der Waals surface area contributed by atoms with Crippen LogP contribution in [-0.2, 0) is 16.1 Å². The van der Waals surface area contributed by atoms with Crippen LogP contribution in [0.15, 0.2) is 54.9 Å². The van der Waals surface area contributed by atoms with Crippen LogP contribution in [0.4, 0.5) is 0 Å². The van der Waals surface area contributed by atoms with E-state index in [2.05, 4.69) is 25.2 Å². The molecule has 0 aliphatic carbocycles. The zero-order valence-corrected chi connectivity index (χ0v) is 17.0. The number of aryl methyl sites for hydroxylation is 1. The van der Waals surface area contributed by atoms with Gasteiger partial charge in [0.1, 0.15) is 5.82 Å². The maximum absolute atomic E-state index is 12.2. The molecule has 3 aromatic rings. The summed E-state index contributed by atoms with van der Waals surface area (Å²) in [6.07, 6.45) is 3.58. The number of carbonyl (C=O) groups excluding carboxylic acids is 1. The maximum Gasteiger partial charge on any atom is 0.234 e. The van der Waals surface area contributed by atoms with Gasteiger partial charge in [-0.2, -0.15) is 0 Å². The third-order valence-corrected chi connectivity index (χ3v) is 5.04. The average molecular weight is 403 g/mol. The molecule has 0 bridgehead atoms. The van der Waals surface area contributed by atoms with Gasteiger partial charge < -0.3 is 10.1 Å². The van der Waals surface area contributed by atoms with E-state index in [-0.39, 0.29) is 5.91 Å². The average Bonchev–Trinajstić information content (AvgIpc) is 2.79. The Bertz CT molecular complexity index is 986. The zero-order valence-electron chi connectivity index (χ0n) is 17.0. The molecule has 0 unspecified atom stereocenters. The highest BCUT2D eigenvalue weighted by atomic mass is 16.5. The third kappa shape index (κ3) is 5.06. The van der Waals surface area contributed by atoms with Gasteiger partial charge in [0.15, 0.2) is 0 Å². The van der Waals surface area contributed by atoms with Crippen molar-refractivity contribution in [2.75, 3.05) is 32.8 Å². The molecule has 3 heterocycles. The summed E-state index contributed by atoms with van der Waals surface area (Å²) in [4.78, 5) is 27.7. The van der Waals surface area contributed by atoms with Crippen molar-refractivity contribution in [2.45, 2.75) is 13.5 Å². The van der Waals surface area contributed by atoms with Crippen LogP contribution < -0.4 is 5.32 Å². The van der Waals surface area contributed by atoms with Crippen molar-refractivity contribution in [3.05, 3.63) is 66.2 Å². The molecule has 2 aromatic heterocycles. The molecule has 1 saturated heterocycles. The van der Waals surface area contributed by atoms with E-state index < -0.39 is 0 Å². The predicted octanol–water partition coefficient (Wildman–Crippen LogP) is 2.46. The van der Waals surface area contributed by atoms with E-state index in [4.69, 9.17) is 4.74 Å². The summed E-state index contributed by atoms with van der Waals surface area (Å²) in [6.45, 7) is 5.78. The summed E-state index contributed by atoms with van der Waals surface area (Å²) in [5.74, 6) is 0.744. The number of hydrogen-bond acceptors (Lipinski definition) is 6. The predicted molar refractivity (Wildman–Crippen MR) is 115 cm³/mol. The Kier molecular flexibility index (Phi) is 6.41. The summed E-state index contributed by atoms with van der Waals surface area (Å²) < 4.78 is 5.32. The molecule has 0 radical (unpaired) electrons. The second-order valence-electron chi connectivity index (χ2n) is 7.26. The molecule has 4 rings (SSSR count). The zero-order chi connectivity index (χ0) is 20.8. The van der Waals surface area contributed by atoms with Gasteiger partial charge in [0.2, 0.25) is 5.91 Å². The normalized spacial score (nSPS) is 14.4. The van der Waals surface area contributed by atoms with Crippen molar-refractivity contribution >= 4 is 5.91 Å². The molecule has 1 aromatic carbocycles. The van der Waals surface area contributed by atoms with Crippen LogP contribution in [0.5, 0.6) is 0 Å². The second kappa shape index (κ2) is 9.56. The number of hydrogen-bond donors (Lipinski definition) is 1. The quantitative estimate of drug-likeness (QED) is 0.681. The van der Waals surface area contributed by atoms with Crippen LogP contribution >= 0.6 is 0 Å². The van der Waals surface area contributed by atoms with Crippen LogP contribution in [-0.4, -0.2) is 58.6 Å². The van der Waals surface area contributed by atoms with Crippen LogP contribution in [0.3, 0.4) is 0 Å². The van der Waals surface area contributed by atoms with E-state index >= 15 is 0 Å². The number of nitrogens with zero attached hydrogens (tertiary/aromatic N) is 4. The highest BCUT2D eigenvalue weighted by Crippen LogP contribution is 2.28. The van der Waals surface area contributed by atoms with E-state index in [9.17, 15) is 4.79 Å². The summed E-state index contributed by atoms with van der Waals surface area (Å²) in [5.41, 5.74) is 4.62. The van der Waals surface area contributed by atoms with Gasteiger partial charge in [-0.15, -0.1) is 0 Å². The number of rotatable bonds is 6. The number of amides is 1. The summed E-state index contributed by atoms with van der Waals surface area (Å²) in [6, 6.07) is 13.9. The largest absolute Gasteiger partial charge is 0.379 e. The molecule has 1 aliphatic heterocycles. The molecule has 7 heteroatoms. The monoisotopic (exact) mass is 403 g/mol. The van der Waals surface area contributed by atoms with Crippen LogP contribution in [0.2, 0.25) is 0 Å². The summed E-state index contributed by atoms with van der Waals surface area (Å²) in [7, 11) is 0. The van der Waals surface area contributed by atoms with Crippen LogP contribution in [0, 0.1) is 6.92 Å². The Morgan fingerprint density at radius 2 is 1.90 bits per heavy atom. The fourth-order valence-electron chi connectivity index (χ4n) is 3.40. The number of benzene rings is 1. The van der Waals surface area contributed by atoms with Crippen molar-refractivity contribution in [1.29, 1.82) is 0 Å². The Labute approximate surface area is 176 Å². The molecule has 154 valence electrons. The molecule has 1 aliphatic rings. The SMILES string of the molecule is Cc1ncc(-c2ccccn2)c(-c2ccc(CNC(=O)CN3CCOCC3)cc2)n1. The van der Waals surface area contributed by atoms with Gasteiger partial charge in [0.25, 0.3) is 0 Å². The summed E-state index contributed by atoms with van der Waals surface area (Å²) in [5, 5.41) is 2.99. The lowest BCUT2D eigenvalue weighted by molar-refractivity contribution is -0.123. The molecule has 0 saturated carbocycles. The molecular weight excluding hydrogens is 378 g/mol. The molecular formula is C23H25N5O2. The second-order valence-corrected chi connectivity index (χ2v) is 7.26. The first-order valence-electron chi connectivity index (χ1n) is 10.1. The molecule has 30 heavy (non-hydrogen) atoms. The van der Waals surface area contributed by atoms with Gasteiger partial charge in [-0.25, -0.2) is 9.97 Å². The van der Waals surface area contributed by atoms with Crippen molar-refractivity contribution in [1.82, 2.24) is 25.2 Å². The summed E-state index contributed by atoms with van der Waals surface area (Å²) >= 11 is 0. The number of nitrogens with one attached hydrogen (secondary N) is 1. The molecule has 1 amide bonds. The molecule has 1 N–H and O–H groups in total. The highest BCUT2D eigenvalue weighted by Gasteiger charge is 2.14. The lowest BCUT2D eigenvalue weighted by atomic mass is 10.0. The maximum atomic E-state index is 12.2. The van der Waals surface area contributed by atoms with E-state index in [0.29, 0.717) is 32.1 Å². The van der Waals surface area contributed by atoms with Crippen LogP contribution in [0.1, 0.15) is 11.4 Å². The molecule has 7 nitrogen and oxygen atoms in total. The van der Waals surface area contributed by atoms with E-state index in [1.165, 1.54) is 0 Å². The van der Waals surface area contributed by atoms with Crippen molar-refractivity contribution in [2.24, 2.45) is 0 Å². The van der Waals surface area contributed by atoms with Gasteiger partial charge in [-0.3, -0.25) is 14.7 Å². The standard InChI is InChI=1S/C23H25N5O2/c1-17-25-15-20(21-4-2-3-9-24-21)23(27-17)19-7-5-18(6-8-19)14-26-22(29)16-28-10-12-30-13-11-28/h2-9,15H,10-14,16H2,1H3,(H,26,29). The van der Waals surface area contributed by atoms with Gasteiger partial charge in [0.05, 0.1) is 31.1 Å². The number of carbonyl (C=O) groups is 1. The van der Waals surface area contributed by atoms with E-state index in [0.717, 1.165) is 41.2 Å². The minimum atomic E-state index is 0.0323. The van der Waals surface area contributed by atoms with Crippen molar-refractivity contribution in [3.8, 4) is 22.5 Å². The fourth-order valence-corrected chi connectivity index (χ4v) is 3.40. The van der Waals surface area contributed by atoms with Gasteiger partial charge >= 0.3 is 0 Å². The fraction of sp³-hybridized carbons (Fsp3) is 0.304. The lowest BCUT2D eigenvalue weighted by Crippen LogP contribution is -2.43. The number of ether oxygens (including phenoxy) is 1. The molecule has 0 spiro atoms. The number of aromatic nitrogens is 3. The van der Waals surface area contributed by atoms with Gasteiger partial charge in [-0.05, 0) is 24.6 Å². The Morgan fingerprint density at radius 3 is 2.63 bits per heavy atom. The van der Waals surface area contributed by atoms with Gasteiger partial charge in [-0.1, -0.05) is 30.3 Å². The Balaban J connectivity index is 1.44. The number of pyridine rings is 1. The minimum absolute atomic E-state index is 0.0323. The van der Waals surface area contributed by atoms with Crippen molar-refractivity contribution in [3.63, 3.8) is 0 Å². The van der Waals surface area contributed by atoms with Crippen LogP contribution in [0.25, 0.3) is 22.5 Å². The minimum Gasteiger partial charge on any atom is -0.379 e. The topological polar surface area (TPSA) is 80.2 Å². The first-order chi connectivity index (χ1) is 14.7. The smallest absolute Gasteiger partial charge is 0.234 e. The van der Waals surface area contributed by atoms with Crippen molar-refractivity contribution < 1.29 is 9.53 Å². The third-order valence-electron chi connectivity index (χ3n) is 5.04. The van der Waals surface area contributed by atoms with E-state index in [1.807, 2.05) is 55.6 Å². The Morgan fingerprint density at radius 1 is 1.10 bits per heavy atom. The highest BCUT2D eigenvalue weighted by molar-refractivity contribution is 5.79. The lowest BCUT2D eigenvalue weighted by Gasteiger charge is -2.25. The molecule has 0 atom stereocenters. The van der Waals surface area contributed by atoms with Gasteiger partial charge in [0, 0.05) is 43.2 Å². The Hall–Kier alpha value is -3.16. The van der Waals surface area contributed by atoms with E-state index in [1.54, 1.807) is 6.20 Å². The first-order valence-corrected chi connectivity index (χ1v) is 10.1. The molecule has 1 fully saturated rings. The first kappa shape index (κ1) is 20.1.